The van der Waals surface area contributed by atoms with Crippen LogP contribution < -0.4 is 10.6 Å². The molecule has 3 N–H and O–H groups in total. The molecule has 0 bridgehead atoms. The topological polar surface area (TPSA) is 105 Å². The Labute approximate surface area is 206 Å². The summed E-state index contributed by atoms with van der Waals surface area (Å²) in [5.41, 5.74) is 4.36. The van der Waals surface area contributed by atoms with Crippen LogP contribution in [-0.2, 0) is 14.3 Å². The van der Waals surface area contributed by atoms with Crippen molar-refractivity contribution in [1.82, 2.24) is 10.6 Å². The predicted molar refractivity (Wildman–Crippen MR) is 133 cm³/mol. The van der Waals surface area contributed by atoms with E-state index in [1.807, 2.05) is 45.0 Å². The van der Waals surface area contributed by atoms with Gasteiger partial charge in [0.05, 0.1) is 5.92 Å². The second-order valence-corrected chi connectivity index (χ2v) is 10.8. The Balaban J connectivity index is 1.35. The summed E-state index contributed by atoms with van der Waals surface area (Å²) in [6.45, 7) is 6.11. The highest BCUT2D eigenvalue weighted by molar-refractivity contribution is 5.87. The first kappa shape index (κ1) is 24.8. The molecule has 0 aromatic heterocycles. The van der Waals surface area contributed by atoms with Crippen LogP contribution in [0.1, 0.15) is 57.1 Å². The number of benzene rings is 2. The third kappa shape index (κ3) is 6.02. The minimum absolute atomic E-state index is 0.0288. The maximum Gasteiger partial charge on any atom is 0.407 e. The zero-order valence-corrected chi connectivity index (χ0v) is 20.5. The Morgan fingerprint density at radius 3 is 2.09 bits per heavy atom. The number of rotatable bonds is 9. The summed E-state index contributed by atoms with van der Waals surface area (Å²) in [7, 11) is 0. The normalized spacial score (nSPS) is 16.5. The molecule has 0 spiro atoms. The van der Waals surface area contributed by atoms with Crippen molar-refractivity contribution in [3.05, 3.63) is 59.7 Å². The molecule has 2 atom stereocenters. The van der Waals surface area contributed by atoms with Crippen molar-refractivity contribution in [2.24, 2.45) is 17.3 Å². The number of ether oxygens (including phenoxy) is 1. The number of aliphatic carboxylic acids is 1. The van der Waals surface area contributed by atoms with Crippen LogP contribution in [0.25, 0.3) is 11.1 Å². The second kappa shape index (κ2) is 10.1. The fraction of sp³-hybridized carbons (Fsp3) is 0.464. The first-order valence-corrected chi connectivity index (χ1v) is 12.3. The van der Waals surface area contributed by atoms with E-state index in [1.165, 1.54) is 0 Å². The molecular weight excluding hydrogens is 444 g/mol. The van der Waals surface area contributed by atoms with Crippen LogP contribution in [0.4, 0.5) is 4.79 Å². The Morgan fingerprint density at radius 1 is 1.00 bits per heavy atom. The Kier molecular flexibility index (Phi) is 7.15. The standard InChI is InChI=1S/C28H34N2O5/c1-28(2,3)14-18(26(32)33)15-29-25(31)24(17-12-13-17)30-27(34)35-16-23-21-10-6-4-8-19(21)20-9-5-7-11-22(20)23/h4-11,17-18,23-24H,12-16H2,1-3H3,(H,29,31)(H,30,34)(H,32,33). The summed E-state index contributed by atoms with van der Waals surface area (Å²) < 4.78 is 5.60. The molecule has 2 aromatic carbocycles. The quantitative estimate of drug-likeness (QED) is 0.490. The molecule has 2 aliphatic rings. The number of carboxylic acids is 1. The molecule has 1 fully saturated rings. The van der Waals surface area contributed by atoms with Gasteiger partial charge in [-0.2, -0.15) is 0 Å². The SMILES string of the molecule is CC(C)(C)CC(CNC(=O)C(NC(=O)OCC1c2ccccc2-c2ccccc21)C1CC1)C(=O)O. The van der Waals surface area contributed by atoms with E-state index < -0.39 is 24.0 Å². The van der Waals surface area contributed by atoms with Crippen LogP contribution in [0.5, 0.6) is 0 Å². The van der Waals surface area contributed by atoms with Crippen LogP contribution >= 0.6 is 0 Å². The van der Waals surface area contributed by atoms with Crippen LogP contribution in [0.15, 0.2) is 48.5 Å². The van der Waals surface area contributed by atoms with Crippen molar-refractivity contribution < 1.29 is 24.2 Å². The molecule has 2 amide bonds. The molecule has 4 rings (SSSR count). The predicted octanol–water partition coefficient (Wildman–Crippen LogP) is 4.56. The number of nitrogens with one attached hydrogen (secondary N) is 2. The van der Waals surface area contributed by atoms with E-state index in [0.29, 0.717) is 6.42 Å². The van der Waals surface area contributed by atoms with Gasteiger partial charge >= 0.3 is 12.1 Å². The number of amides is 2. The number of hydrogen-bond acceptors (Lipinski definition) is 4. The van der Waals surface area contributed by atoms with Crippen LogP contribution in [0, 0.1) is 17.3 Å². The highest BCUT2D eigenvalue weighted by Gasteiger charge is 2.38. The maximum absolute atomic E-state index is 12.9. The van der Waals surface area contributed by atoms with Crippen LogP contribution in [0.2, 0.25) is 0 Å². The van der Waals surface area contributed by atoms with E-state index in [4.69, 9.17) is 4.74 Å². The maximum atomic E-state index is 12.9. The van der Waals surface area contributed by atoms with E-state index in [9.17, 15) is 19.5 Å². The zero-order chi connectivity index (χ0) is 25.2. The average molecular weight is 479 g/mol. The second-order valence-electron chi connectivity index (χ2n) is 10.8. The van der Waals surface area contributed by atoms with Gasteiger partial charge in [-0.05, 0) is 52.8 Å². The molecule has 0 heterocycles. The summed E-state index contributed by atoms with van der Waals surface area (Å²) in [6, 6.07) is 15.5. The number of alkyl carbamates (subject to hydrolysis) is 1. The molecule has 0 saturated heterocycles. The molecule has 2 aromatic rings. The smallest absolute Gasteiger partial charge is 0.407 e. The van der Waals surface area contributed by atoms with Crippen molar-refractivity contribution in [3.63, 3.8) is 0 Å². The molecule has 2 unspecified atom stereocenters. The molecule has 35 heavy (non-hydrogen) atoms. The van der Waals surface area contributed by atoms with E-state index >= 15 is 0 Å². The molecule has 7 heteroatoms. The van der Waals surface area contributed by atoms with E-state index in [1.54, 1.807) is 0 Å². The lowest BCUT2D eigenvalue weighted by molar-refractivity contribution is -0.142. The molecular formula is C28H34N2O5. The Hall–Kier alpha value is -3.35. The number of carboxylic acid groups (broad SMARTS) is 1. The molecule has 2 aliphatic carbocycles. The minimum atomic E-state index is -0.937. The third-order valence-electron chi connectivity index (χ3n) is 6.72. The van der Waals surface area contributed by atoms with Crippen molar-refractivity contribution in [2.45, 2.75) is 52.0 Å². The van der Waals surface area contributed by atoms with Gasteiger partial charge in [0.1, 0.15) is 12.6 Å². The summed E-state index contributed by atoms with van der Waals surface area (Å²) >= 11 is 0. The van der Waals surface area contributed by atoms with E-state index in [2.05, 4.69) is 34.9 Å². The first-order chi connectivity index (χ1) is 16.6. The number of fused-ring (bicyclic) bond motifs is 3. The van der Waals surface area contributed by atoms with Gasteiger partial charge in [0, 0.05) is 12.5 Å². The molecule has 0 radical (unpaired) electrons. The fourth-order valence-electron chi connectivity index (χ4n) is 4.91. The van der Waals surface area contributed by atoms with Gasteiger partial charge in [-0.1, -0.05) is 69.3 Å². The van der Waals surface area contributed by atoms with Gasteiger partial charge < -0.3 is 20.5 Å². The highest BCUT2D eigenvalue weighted by Crippen LogP contribution is 2.44. The zero-order valence-electron chi connectivity index (χ0n) is 20.5. The number of carbonyl (C=O) groups excluding carboxylic acids is 2. The van der Waals surface area contributed by atoms with Crippen LogP contribution in [-0.4, -0.2) is 42.3 Å². The highest BCUT2D eigenvalue weighted by atomic mass is 16.5. The lowest BCUT2D eigenvalue weighted by Crippen LogP contribution is -2.50. The van der Waals surface area contributed by atoms with E-state index in [-0.39, 0.29) is 36.3 Å². The Bertz CT molecular complexity index is 1060. The van der Waals surface area contributed by atoms with E-state index in [0.717, 1.165) is 35.1 Å². The van der Waals surface area contributed by atoms with Gasteiger partial charge in [-0.25, -0.2) is 4.79 Å². The largest absolute Gasteiger partial charge is 0.481 e. The van der Waals surface area contributed by atoms with Crippen molar-refractivity contribution in [3.8, 4) is 11.1 Å². The van der Waals surface area contributed by atoms with Crippen molar-refractivity contribution in [2.75, 3.05) is 13.2 Å². The van der Waals surface area contributed by atoms with Crippen molar-refractivity contribution >= 4 is 18.0 Å². The number of carbonyl (C=O) groups is 3. The summed E-state index contributed by atoms with van der Waals surface area (Å²) in [4.78, 5) is 37.2. The van der Waals surface area contributed by atoms with Gasteiger partial charge in [0.2, 0.25) is 5.91 Å². The van der Waals surface area contributed by atoms with Gasteiger partial charge in [0.25, 0.3) is 0 Å². The molecule has 7 nitrogen and oxygen atoms in total. The Morgan fingerprint density at radius 2 is 1.57 bits per heavy atom. The monoisotopic (exact) mass is 478 g/mol. The summed E-state index contributed by atoms with van der Waals surface area (Å²) in [5, 5.41) is 15.0. The molecule has 186 valence electrons. The van der Waals surface area contributed by atoms with Gasteiger partial charge in [-0.15, -0.1) is 0 Å². The summed E-state index contributed by atoms with van der Waals surface area (Å²) in [6.07, 6.45) is 1.48. The molecule has 1 saturated carbocycles. The first-order valence-electron chi connectivity index (χ1n) is 12.3. The van der Waals surface area contributed by atoms with Crippen molar-refractivity contribution in [1.29, 1.82) is 0 Å². The third-order valence-corrected chi connectivity index (χ3v) is 6.72. The van der Waals surface area contributed by atoms with Crippen LogP contribution in [0.3, 0.4) is 0 Å². The average Bonchev–Trinajstić information content (AvgIpc) is 3.60. The molecule has 0 aliphatic heterocycles. The van der Waals surface area contributed by atoms with Gasteiger partial charge in [-0.3, -0.25) is 9.59 Å². The lowest BCUT2D eigenvalue weighted by atomic mass is 9.84. The summed E-state index contributed by atoms with van der Waals surface area (Å²) in [5.74, 6) is -2.00. The van der Waals surface area contributed by atoms with Gasteiger partial charge in [0.15, 0.2) is 0 Å². The fourth-order valence-corrected chi connectivity index (χ4v) is 4.91. The minimum Gasteiger partial charge on any atom is -0.481 e. The number of hydrogen-bond donors (Lipinski definition) is 3. The lowest BCUT2D eigenvalue weighted by Gasteiger charge is -2.24.